The molecule has 1 amide bonds. The molecule has 0 bridgehead atoms. The Balaban J connectivity index is 2.09. The molecule has 2 atom stereocenters. The van der Waals surface area contributed by atoms with Crippen LogP contribution in [0.1, 0.15) is 43.1 Å². The molecule has 1 aromatic rings. The Labute approximate surface area is 108 Å². The molecule has 0 radical (unpaired) electrons. The summed E-state index contributed by atoms with van der Waals surface area (Å²) < 4.78 is 0. The van der Waals surface area contributed by atoms with Gasteiger partial charge in [0, 0.05) is 17.0 Å². The van der Waals surface area contributed by atoms with Crippen molar-refractivity contribution in [2.24, 2.45) is 5.41 Å². The van der Waals surface area contributed by atoms with Gasteiger partial charge in [-0.25, -0.2) is 0 Å². The van der Waals surface area contributed by atoms with Gasteiger partial charge in [0.1, 0.15) is 0 Å². The maximum atomic E-state index is 12.2. The molecule has 1 aliphatic carbocycles. The van der Waals surface area contributed by atoms with E-state index in [4.69, 9.17) is 0 Å². The smallest absolute Gasteiger partial charge is 0.251 e. The highest BCUT2D eigenvalue weighted by molar-refractivity contribution is 5.96. The molecule has 0 heterocycles. The second kappa shape index (κ2) is 4.73. The number of aliphatic hydroxyl groups is 1. The monoisotopic (exact) mass is 247 g/mol. The largest absolute Gasteiger partial charge is 0.392 e. The zero-order valence-corrected chi connectivity index (χ0v) is 11.2. The zero-order chi connectivity index (χ0) is 13.3. The Hall–Kier alpha value is -1.35. The SMILES string of the molecule is CCc1ccccc1C(=O)NC1CC(O)C1(C)C. The van der Waals surface area contributed by atoms with E-state index in [1.165, 1.54) is 0 Å². The third-order valence-corrected chi connectivity index (χ3v) is 4.16. The van der Waals surface area contributed by atoms with E-state index in [2.05, 4.69) is 5.32 Å². The van der Waals surface area contributed by atoms with Gasteiger partial charge in [0.2, 0.25) is 0 Å². The molecule has 98 valence electrons. The summed E-state index contributed by atoms with van der Waals surface area (Å²) in [5, 5.41) is 12.7. The third kappa shape index (κ3) is 2.15. The van der Waals surface area contributed by atoms with Gasteiger partial charge in [0.05, 0.1) is 6.10 Å². The molecular weight excluding hydrogens is 226 g/mol. The van der Waals surface area contributed by atoms with Gasteiger partial charge in [-0.3, -0.25) is 4.79 Å². The minimum absolute atomic E-state index is 0.0302. The third-order valence-electron chi connectivity index (χ3n) is 4.16. The predicted molar refractivity (Wildman–Crippen MR) is 71.5 cm³/mol. The van der Waals surface area contributed by atoms with Crippen LogP contribution < -0.4 is 5.32 Å². The van der Waals surface area contributed by atoms with Crippen molar-refractivity contribution < 1.29 is 9.90 Å². The maximum absolute atomic E-state index is 12.2. The number of carbonyl (C=O) groups is 1. The van der Waals surface area contributed by atoms with Gasteiger partial charge in [0.15, 0.2) is 0 Å². The molecule has 1 saturated carbocycles. The summed E-state index contributed by atoms with van der Waals surface area (Å²) in [4.78, 5) is 12.2. The molecule has 1 fully saturated rings. The number of aryl methyl sites for hydroxylation is 1. The Morgan fingerprint density at radius 2 is 2.11 bits per heavy atom. The molecule has 3 heteroatoms. The van der Waals surface area contributed by atoms with Crippen LogP contribution in [0.15, 0.2) is 24.3 Å². The van der Waals surface area contributed by atoms with Crippen molar-refractivity contribution in [2.45, 2.75) is 45.8 Å². The standard InChI is InChI=1S/C15H21NO2/c1-4-10-7-5-6-8-11(10)14(18)16-12-9-13(17)15(12,2)3/h5-8,12-13,17H,4,9H2,1-3H3,(H,16,18). The molecule has 0 aliphatic heterocycles. The highest BCUT2D eigenvalue weighted by Crippen LogP contribution is 2.40. The van der Waals surface area contributed by atoms with Gasteiger partial charge in [-0.1, -0.05) is 39.0 Å². The lowest BCUT2D eigenvalue weighted by molar-refractivity contribution is -0.0689. The topological polar surface area (TPSA) is 49.3 Å². The molecular formula is C15H21NO2. The first kappa shape index (κ1) is 13.1. The molecule has 2 N–H and O–H groups in total. The summed E-state index contributed by atoms with van der Waals surface area (Å²) in [5.41, 5.74) is 1.58. The van der Waals surface area contributed by atoms with Crippen molar-refractivity contribution in [3.63, 3.8) is 0 Å². The Morgan fingerprint density at radius 3 is 2.67 bits per heavy atom. The van der Waals surface area contributed by atoms with Crippen LogP contribution in [0, 0.1) is 5.41 Å². The number of amides is 1. The molecule has 0 spiro atoms. The van der Waals surface area contributed by atoms with Crippen molar-refractivity contribution in [1.82, 2.24) is 5.32 Å². The van der Waals surface area contributed by atoms with Crippen LogP contribution in [0.2, 0.25) is 0 Å². The van der Waals surface area contributed by atoms with E-state index in [0.717, 1.165) is 17.5 Å². The van der Waals surface area contributed by atoms with Crippen molar-refractivity contribution >= 4 is 5.91 Å². The van der Waals surface area contributed by atoms with Crippen LogP contribution in [0.25, 0.3) is 0 Å². The molecule has 0 aromatic heterocycles. The molecule has 0 saturated heterocycles. The van der Waals surface area contributed by atoms with Gasteiger partial charge < -0.3 is 10.4 Å². The number of benzene rings is 1. The molecule has 1 aromatic carbocycles. The highest BCUT2D eigenvalue weighted by atomic mass is 16.3. The summed E-state index contributed by atoms with van der Waals surface area (Å²) in [5.74, 6) is -0.0302. The highest BCUT2D eigenvalue weighted by Gasteiger charge is 2.48. The number of hydrogen-bond donors (Lipinski definition) is 2. The van der Waals surface area contributed by atoms with E-state index in [-0.39, 0.29) is 23.5 Å². The molecule has 1 aliphatic rings. The van der Waals surface area contributed by atoms with Gasteiger partial charge in [-0.2, -0.15) is 0 Å². The van der Waals surface area contributed by atoms with E-state index in [1.807, 2.05) is 45.0 Å². The number of rotatable bonds is 3. The quantitative estimate of drug-likeness (QED) is 0.859. The average Bonchev–Trinajstić information content (AvgIpc) is 2.38. The summed E-state index contributed by atoms with van der Waals surface area (Å²) in [7, 11) is 0. The second-order valence-electron chi connectivity index (χ2n) is 5.61. The number of nitrogens with one attached hydrogen (secondary N) is 1. The fraction of sp³-hybridized carbons (Fsp3) is 0.533. The molecule has 18 heavy (non-hydrogen) atoms. The van der Waals surface area contributed by atoms with E-state index in [0.29, 0.717) is 6.42 Å². The predicted octanol–water partition coefficient (Wildman–Crippen LogP) is 2.14. The van der Waals surface area contributed by atoms with E-state index < -0.39 is 0 Å². The van der Waals surface area contributed by atoms with Gasteiger partial charge in [-0.05, 0) is 24.5 Å². The van der Waals surface area contributed by atoms with Crippen LogP contribution in [-0.4, -0.2) is 23.2 Å². The lowest BCUT2D eigenvalue weighted by Crippen LogP contribution is -2.61. The maximum Gasteiger partial charge on any atom is 0.251 e. The van der Waals surface area contributed by atoms with Crippen LogP contribution in [0.3, 0.4) is 0 Å². The average molecular weight is 247 g/mol. The van der Waals surface area contributed by atoms with Gasteiger partial charge in [-0.15, -0.1) is 0 Å². The Bertz CT molecular complexity index is 454. The van der Waals surface area contributed by atoms with Crippen molar-refractivity contribution in [2.75, 3.05) is 0 Å². The van der Waals surface area contributed by atoms with Crippen LogP contribution in [-0.2, 0) is 6.42 Å². The lowest BCUT2D eigenvalue weighted by atomic mass is 9.64. The van der Waals surface area contributed by atoms with Crippen LogP contribution in [0.4, 0.5) is 0 Å². The summed E-state index contributed by atoms with van der Waals surface area (Å²) in [6, 6.07) is 7.73. The van der Waals surface area contributed by atoms with Crippen LogP contribution in [0.5, 0.6) is 0 Å². The summed E-state index contributed by atoms with van der Waals surface area (Å²) in [6.07, 6.45) is 1.18. The van der Waals surface area contributed by atoms with Crippen molar-refractivity contribution in [3.8, 4) is 0 Å². The second-order valence-corrected chi connectivity index (χ2v) is 5.61. The fourth-order valence-electron chi connectivity index (χ4n) is 2.43. The number of hydrogen-bond acceptors (Lipinski definition) is 2. The molecule has 2 unspecified atom stereocenters. The van der Waals surface area contributed by atoms with Gasteiger partial charge in [0.25, 0.3) is 5.91 Å². The fourth-order valence-corrected chi connectivity index (χ4v) is 2.43. The normalized spacial score (nSPS) is 25.3. The van der Waals surface area contributed by atoms with Crippen molar-refractivity contribution in [3.05, 3.63) is 35.4 Å². The Kier molecular flexibility index (Phi) is 3.44. The zero-order valence-electron chi connectivity index (χ0n) is 11.2. The number of carbonyl (C=O) groups excluding carboxylic acids is 1. The van der Waals surface area contributed by atoms with E-state index in [9.17, 15) is 9.90 Å². The summed E-state index contributed by atoms with van der Waals surface area (Å²) in [6.45, 7) is 6.01. The van der Waals surface area contributed by atoms with E-state index in [1.54, 1.807) is 0 Å². The minimum Gasteiger partial charge on any atom is -0.392 e. The minimum atomic E-state index is -0.316. The van der Waals surface area contributed by atoms with Crippen LogP contribution >= 0.6 is 0 Å². The summed E-state index contributed by atoms with van der Waals surface area (Å²) >= 11 is 0. The van der Waals surface area contributed by atoms with E-state index >= 15 is 0 Å². The number of aliphatic hydroxyl groups excluding tert-OH is 1. The first-order chi connectivity index (χ1) is 8.46. The first-order valence-electron chi connectivity index (χ1n) is 6.53. The first-order valence-corrected chi connectivity index (χ1v) is 6.53. The van der Waals surface area contributed by atoms with Crippen molar-refractivity contribution in [1.29, 1.82) is 0 Å². The molecule has 3 nitrogen and oxygen atoms in total. The van der Waals surface area contributed by atoms with Gasteiger partial charge >= 0.3 is 0 Å². The lowest BCUT2D eigenvalue weighted by Gasteiger charge is -2.49. The molecule has 2 rings (SSSR count). The Morgan fingerprint density at radius 1 is 1.44 bits per heavy atom.